The molecule has 1 aromatic carbocycles. The molecule has 1 unspecified atom stereocenters. The van der Waals surface area contributed by atoms with Crippen molar-refractivity contribution < 1.29 is 14.1 Å². The molecule has 0 aliphatic rings. The Bertz CT molecular complexity index is 665. The first-order valence-electron chi connectivity index (χ1n) is 8.22. The van der Waals surface area contributed by atoms with E-state index < -0.39 is 0 Å². The van der Waals surface area contributed by atoms with Gasteiger partial charge in [-0.25, -0.2) is 0 Å². The molecule has 0 fully saturated rings. The maximum absolute atomic E-state index is 12.2. The van der Waals surface area contributed by atoms with Gasteiger partial charge in [-0.3, -0.25) is 9.69 Å². The first-order chi connectivity index (χ1) is 11.6. The standard InChI is InChI=1S/C18H25N3O3/c1-5-21(6-2)13(3)12-19-18(22)16-11-17(24-20-16)14-8-7-9-15(10-14)23-4/h7-11,13H,5-6,12H2,1-4H3,(H,19,22). The number of benzene rings is 1. The number of carbonyl (C=O) groups excluding carboxylic acids is 1. The van der Waals surface area contributed by atoms with Gasteiger partial charge in [0.25, 0.3) is 5.91 Å². The second kappa shape index (κ2) is 8.49. The molecule has 1 amide bonds. The summed E-state index contributed by atoms with van der Waals surface area (Å²) < 4.78 is 10.5. The Balaban J connectivity index is 2.00. The molecule has 0 aliphatic carbocycles. The predicted molar refractivity (Wildman–Crippen MR) is 93.2 cm³/mol. The molecule has 0 aliphatic heterocycles. The molecule has 1 aromatic heterocycles. The number of methoxy groups -OCH3 is 1. The fourth-order valence-electron chi connectivity index (χ4n) is 2.60. The van der Waals surface area contributed by atoms with Gasteiger partial charge in [-0.05, 0) is 32.1 Å². The van der Waals surface area contributed by atoms with Crippen molar-refractivity contribution in [2.45, 2.75) is 26.8 Å². The summed E-state index contributed by atoms with van der Waals surface area (Å²) in [5, 5.41) is 6.78. The molecule has 6 nitrogen and oxygen atoms in total. The van der Waals surface area contributed by atoms with Crippen LogP contribution in [0.25, 0.3) is 11.3 Å². The number of nitrogens with zero attached hydrogens (tertiary/aromatic N) is 2. The van der Waals surface area contributed by atoms with Crippen LogP contribution in [0.2, 0.25) is 0 Å². The number of nitrogens with one attached hydrogen (secondary N) is 1. The summed E-state index contributed by atoms with van der Waals surface area (Å²) in [5.41, 5.74) is 1.09. The van der Waals surface area contributed by atoms with E-state index >= 15 is 0 Å². The zero-order valence-electron chi connectivity index (χ0n) is 14.7. The van der Waals surface area contributed by atoms with Gasteiger partial charge < -0.3 is 14.6 Å². The van der Waals surface area contributed by atoms with Crippen molar-refractivity contribution in [3.63, 3.8) is 0 Å². The third-order valence-electron chi connectivity index (χ3n) is 4.09. The van der Waals surface area contributed by atoms with Crippen LogP contribution in [-0.4, -0.2) is 48.7 Å². The monoisotopic (exact) mass is 331 g/mol. The van der Waals surface area contributed by atoms with Crippen LogP contribution in [0.1, 0.15) is 31.3 Å². The van der Waals surface area contributed by atoms with Gasteiger partial charge in [-0.15, -0.1) is 0 Å². The number of carbonyl (C=O) groups is 1. The van der Waals surface area contributed by atoms with E-state index in [-0.39, 0.29) is 17.6 Å². The maximum atomic E-state index is 12.2. The number of ether oxygens (including phenoxy) is 1. The van der Waals surface area contributed by atoms with Crippen LogP contribution in [0.15, 0.2) is 34.9 Å². The molecule has 6 heteroatoms. The van der Waals surface area contributed by atoms with Crippen molar-refractivity contribution in [3.8, 4) is 17.1 Å². The SMILES string of the molecule is CCN(CC)C(C)CNC(=O)c1cc(-c2cccc(OC)c2)on1. The van der Waals surface area contributed by atoms with E-state index in [1.54, 1.807) is 13.2 Å². The maximum Gasteiger partial charge on any atom is 0.273 e. The quantitative estimate of drug-likeness (QED) is 0.805. The van der Waals surface area contributed by atoms with Gasteiger partial charge in [-0.1, -0.05) is 31.1 Å². The van der Waals surface area contributed by atoms with E-state index in [2.05, 4.69) is 36.1 Å². The average Bonchev–Trinajstić information content (AvgIpc) is 3.11. The summed E-state index contributed by atoms with van der Waals surface area (Å²) in [6.07, 6.45) is 0. The number of hydrogen-bond acceptors (Lipinski definition) is 5. The highest BCUT2D eigenvalue weighted by atomic mass is 16.5. The van der Waals surface area contributed by atoms with Crippen LogP contribution in [0.3, 0.4) is 0 Å². The van der Waals surface area contributed by atoms with E-state index in [0.29, 0.717) is 12.3 Å². The van der Waals surface area contributed by atoms with Crippen LogP contribution in [0.4, 0.5) is 0 Å². The summed E-state index contributed by atoms with van der Waals surface area (Å²) >= 11 is 0. The van der Waals surface area contributed by atoms with Crippen molar-refractivity contribution >= 4 is 5.91 Å². The molecule has 0 spiro atoms. The summed E-state index contributed by atoms with van der Waals surface area (Å²) in [6, 6.07) is 9.35. The van der Waals surface area contributed by atoms with E-state index in [4.69, 9.17) is 9.26 Å². The van der Waals surface area contributed by atoms with Gasteiger partial charge >= 0.3 is 0 Å². The Hall–Kier alpha value is -2.34. The fourth-order valence-corrected chi connectivity index (χ4v) is 2.60. The lowest BCUT2D eigenvalue weighted by Gasteiger charge is -2.26. The number of aromatic nitrogens is 1. The van der Waals surface area contributed by atoms with Crippen molar-refractivity contribution in [3.05, 3.63) is 36.0 Å². The lowest BCUT2D eigenvalue weighted by atomic mass is 10.1. The number of hydrogen-bond donors (Lipinski definition) is 1. The van der Waals surface area contributed by atoms with Crippen LogP contribution >= 0.6 is 0 Å². The molecule has 0 bridgehead atoms. The van der Waals surface area contributed by atoms with Crippen molar-refractivity contribution in [2.24, 2.45) is 0 Å². The van der Waals surface area contributed by atoms with E-state index in [1.807, 2.05) is 24.3 Å². The van der Waals surface area contributed by atoms with Gasteiger partial charge in [0.05, 0.1) is 7.11 Å². The molecule has 0 saturated carbocycles. The molecule has 2 aromatic rings. The smallest absolute Gasteiger partial charge is 0.273 e. The molecule has 2 rings (SSSR count). The topological polar surface area (TPSA) is 67.6 Å². The lowest BCUT2D eigenvalue weighted by molar-refractivity contribution is 0.0929. The van der Waals surface area contributed by atoms with Crippen LogP contribution in [-0.2, 0) is 0 Å². The molecular formula is C18H25N3O3. The Kier molecular flexibility index (Phi) is 6.37. The Morgan fingerprint density at radius 1 is 1.33 bits per heavy atom. The summed E-state index contributed by atoms with van der Waals surface area (Å²) in [5.74, 6) is 1.03. The van der Waals surface area contributed by atoms with Gasteiger partial charge in [0, 0.05) is 24.2 Å². The van der Waals surface area contributed by atoms with E-state index in [0.717, 1.165) is 24.4 Å². The molecule has 130 valence electrons. The highest BCUT2D eigenvalue weighted by Crippen LogP contribution is 2.24. The number of likely N-dealkylation sites (N-methyl/N-ethyl adjacent to an activating group) is 1. The summed E-state index contributed by atoms with van der Waals surface area (Å²) in [4.78, 5) is 14.5. The molecule has 1 N–H and O–H groups in total. The minimum atomic E-state index is -0.230. The zero-order chi connectivity index (χ0) is 17.5. The molecule has 1 heterocycles. The third kappa shape index (κ3) is 4.35. The highest BCUT2D eigenvalue weighted by molar-refractivity contribution is 5.93. The lowest BCUT2D eigenvalue weighted by Crippen LogP contribution is -2.42. The van der Waals surface area contributed by atoms with Gasteiger partial charge in [-0.2, -0.15) is 0 Å². The summed E-state index contributed by atoms with van der Waals surface area (Å²) in [7, 11) is 1.61. The first kappa shape index (κ1) is 18.0. The van der Waals surface area contributed by atoms with Gasteiger partial charge in [0.15, 0.2) is 11.5 Å². The Morgan fingerprint density at radius 2 is 2.08 bits per heavy atom. The normalized spacial score (nSPS) is 12.2. The molecule has 1 atom stereocenters. The van der Waals surface area contributed by atoms with Crippen molar-refractivity contribution in [1.29, 1.82) is 0 Å². The van der Waals surface area contributed by atoms with Crippen molar-refractivity contribution in [2.75, 3.05) is 26.7 Å². The molecule has 0 radical (unpaired) electrons. The zero-order valence-corrected chi connectivity index (χ0v) is 14.7. The summed E-state index contributed by atoms with van der Waals surface area (Å²) in [6.45, 7) is 8.80. The Labute approximate surface area is 142 Å². The second-order valence-electron chi connectivity index (χ2n) is 5.59. The van der Waals surface area contributed by atoms with Crippen LogP contribution in [0.5, 0.6) is 5.75 Å². The number of amides is 1. The van der Waals surface area contributed by atoms with E-state index in [1.165, 1.54) is 0 Å². The minimum absolute atomic E-state index is 0.230. The number of rotatable bonds is 8. The molecule has 24 heavy (non-hydrogen) atoms. The second-order valence-corrected chi connectivity index (χ2v) is 5.59. The van der Waals surface area contributed by atoms with Gasteiger partial charge in [0.1, 0.15) is 5.75 Å². The van der Waals surface area contributed by atoms with Crippen LogP contribution in [0, 0.1) is 0 Å². The average molecular weight is 331 g/mol. The highest BCUT2D eigenvalue weighted by Gasteiger charge is 2.16. The predicted octanol–water partition coefficient (Wildman–Crippen LogP) is 2.81. The van der Waals surface area contributed by atoms with Crippen molar-refractivity contribution in [1.82, 2.24) is 15.4 Å². The van der Waals surface area contributed by atoms with Gasteiger partial charge in [0.2, 0.25) is 0 Å². The van der Waals surface area contributed by atoms with E-state index in [9.17, 15) is 4.79 Å². The minimum Gasteiger partial charge on any atom is -0.497 e. The molecular weight excluding hydrogens is 306 g/mol. The fraction of sp³-hybridized carbons (Fsp3) is 0.444. The largest absolute Gasteiger partial charge is 0.497 e. The Morgan fingerprint density at radius 3 is 2.75 bits per heavy atom. The van der Waals surface area contributed by atoms with Crippen LogP contribution < -0.4 is 10.1 Å². The molecule has 0 saturated heterocycles. The first-order valence-corrected chi connectivity index (χ1v) is 8.22. The third-order valence-corrected chi connectivity index (χ3v) is 4.09.